The minimum Gasteiger partial charge on any atom is -0.481 e. The zero-order valence-electron chi connectivity index (χ0n) is 16.0. The van der Waals surface area contributed by atoms with Gasteiger partial charge in [-0.1, -0.05) is 13.8 Å². The van der Waals surface area contributed by atoms with Crippen molar-refractivity contribution in [3.8, 4) is 0 Å². The number of carboxylic acid groups (broad SMARTS) is 1. The van der Waals surface area contributed by atoms with Crippen LogP contribution in [0.25, 0.3) is 0 Å². The molecule has 8 atom stereocenters. The molecule has 1 spiro atoms. The lowest BCUT2D eigenvalue weighted by atomic mass is 9.58. The molecule has 8 nitrogen and oxygen atoms in total. The van der Waals surface area contributed by atoms with E-state index in [0.29, 0.717) is 12.3 Å². The van der Waals surface area contributed by atoms with Gasteiger partial charge in [0.05, 0.1) is 12.8 Å². The first-order valence-corrected chi connectivity index (χ1v) is 9.86. The Morgan fingerprint density at radius 2 is 1.89 bits per heavy atom. The summed E-state index contributed by atoms with van der Waals surface area (Å²) in [5, 5.41) is 8.76. The van der Waals surface area contributed by atoms with Gasteiger partial charge in [0.25, 0.3) is 0 Å². The maximum absolute atomic E-state index is 12.1. The van der Waals surface area contributed by atoms with Crippen molar-refractivity contribution < 1.29 is 38.7 Å². The number of rotatable bonds is 4. The lowest BCUT2D eigenvalue weighted by molar-refractivity contribution is -0.576. The molecule has 1 N–H and O–H groups in total. The molecule has 0 aromatic heterocycles. The standard InChI is InChI=1S/C19H28O8/c1-10-4-5-13-11(2)16(23-15(22)7-6-14(20)21)24-17-19(13)12(10)8-9-18(3,25-17)26-27-19/h10-13,16-17H,4-9H2,1-3H3,(H,20,21)/t10-,11+,12-,13-,16+,17-,18-,19-/m1/s1. The van der Waals surface area contributed by atoms with Crippen molar-refractivity contribution in [2.45, 2.75) is 83.3 Å². The molecule has 0 aromatic rings. The van der Waals surface area contributed by atoms with Crippen LogP contribution in [-0.4, -0.2) is 41.0 Å². The molecule has 4 saturated heterocycles. The summed E-state index contributed by atoms with van der Waals surface area (Å²) in [6.07, 6.45) is 1.72. The minimum absolute atomic E-state index is 0.0670. The second-order valence-electron chi connectivity index (χ2n) is 8.66. The number of hydrogen-bond acceptors (Lipinski definition) is 7. The zero-order chi connectivity index (χ0) is 19.4. The summed E-state index contributed by atoms with van der Waals surface area (Å²) in [6.45, 7) is 6.06. The van der Waals surface area contributed by atoms with Crippen molar-refractivity contribution >= 4 is 11.9 Å². The summed E-state index contributed by atoms with van der Waals surface area (Å²) >= 11 is 0. The fourth-order valence-electron chi connectivity index (χ4n) is 5.40. The summed E-state index contributed by atoms with van der Waals surface area (Å²) in [5.41, 5.74) is -0.697. The summed E-state index contributed by atoms with van der Waals surface area (Å²) in [5.74, 6) is -1.82. The highest BCUT2D eigenvalue weighted by molar-refractivity contribution is 5.76. The van der Waals surface area contributed by atoms with Gasteiger partial charge in [-0.2, -0.15) is 0 Å². The van der Waals surface area contributed by atoms with Crippen molar-refractivity contribution in [2.24, 2.45) is 23.7 Å². The molecule has 1 aliphatic carbocycles. The maximum Gasteiger partial charge on any atom is 0.308 e. The van der Waals surface area contributed by atoms with E-state index in [0.717, 1.165) is 19.3 Å². The third kappa shape index (κ3) is 3.06. The molecule has 5 fully saturated rings. The van der Waals surface area contributed by atoms with Gasteiger partial charge < -0.3 is 19.3 Å². The van der Waals surface area contributed by atoms with E-state index in [1.54, 1.807) is 0 Å². The second kappa shape index (κ2) is 6.69. The molecular formula is C19H28O8. The van der Waals surface area contributed by atoms with Crippen molar-refractivity contribution in [1.82, 2.24) is 0 Å². The average molecular weight is 384 g/mol. The van der Waals surface area contributed by atoms with Crippen LogP contribution in [0.1, 0.15) is 59.3 Å². The van der Waals surface area contributed by atoms with E-state index >= 15 is 0 Å². The number of carbonyl (C=O) groups excluding carboxylic acids is 1. The van der Waals surface area contributed by atoms with E-state index in [9.17, 15) is 9.59 Å². The Labute approximate surface area is 158 Å². The largest absolute Gasteiger partial charge is 0.481 e. The number of carbonyl (C=O) groups is 2. The normalized spacial score (nSPS) is 48.4. The fourth-order valence-corrected chi connectivity index (χ4v) is 5.40. The quantitative estimate of drug-likeness (QED) is 0.583. The van der Waals surface area contributed by atoms with Gasteiger partial charge in [-0.05, 0) is 38.0 Å². The van der Waals surface area contributed by atoms with E-state index in [4.69, 9.17) is 29.1 Å². The number of ether oxygens (including phenoxy) is 3. The van der Waals surface area contributed by atoms with Crippen molar-refractivity contribution in [3.63, 3.8) is 0 Å². The summed E-state index contributed by atoms with van der Waals surface area (Å²) in [4.78, 5) is 34.5. The third-order valence-corrected chi connectivity index (χ3v) is 6.89. The number of aliphatic carboxylic acids is 1. The smallest absolute Gasteiger partial charge is 0.308 e. The number of esters is 1. The molecule has 2 bridgehead atoms. The van der Waals surface area contributed by atoms with Crippen molar-refractivity contribution in [3.05, 3.63) is 0 Å². The number of carboxylic acids is 1. The molecule has 152 valence electrons. The molecule has 1 saturated carbocycles. The van der Waals surface area contributed by atoms with Gasteiger partial charge in [0, 0.05) is 18.3 Å². The second-order valence-corrected chi connectivity index (χ2v) is 8.66. The van der Waals surface area contributed by atoms with E-state index < -0.39 is 35.9 Å². The fraction of sp³-hybridized carbons (Fsp3) is 0.895. The predicted octanol–water partition coefficient (Wildman–Crippen LogP) is 2.60. The van der Waals surface area contributed by atoms with Crippen LogP contribution < -0.4 is 0 Å². The zero-order valence-corrected chi connectivity index (χ0v) is 16.0. The highest BCUT2D eigenvalue weighted by Gasteiger charge is 2.69. The van der Waals surface area contributed by atoms with Crippen LogP contribution in [-0.2, 0) is 33.6 Å². The molecule has 0 aromatic carbocycles. The molecule has 4 aliphatic heterocycles. The van der Waals surface area contributed by atoms with Gasteiger partial charge in [0.1, 0.15) is 0 Å². The van der Waals surface area contributed by atoms with Crippen LogP contribution in [0.15, 0.2) is 0 Å². The molecule has 4 heterocycles. The van der Waals surface area contributed by atoms with Gasteiger partial charge in [0.2, 0.25) is 12.1 Å². The molecule has 27 heavy (non-hydrogen) atoms. The Balaban J connectivity index is 1.58. The van der Waals surface area contributed by atoms with Crippen LogP contribution in [0.4, 0.5) is 0 Å². The Morgan fingerprint density at radius 1 is 1.11 bits per heavy atom. The maximum atomic E-state index is 12.1. The third-order valence-electron chi connectivity index (χ3n) is 6.89. The first kappa shape index (κ1) is 19.1. The molecular weight excluding hydrogens is 356 g/mol. The van der Waals surface area contributed by atoms with Crippen LogP contribution in [0, 0.1) is 23.7 Å². The molecule has 0 radical (unpaired) electrons. The molecule has 0 unspecified atom stereocenters. The first-order chi connectivity index (χ1) is 12.7. The highest BCUT2D eigenvalue weighted by Crippen LogP contribution is 2.60. The Morgan fingerprint density at radius 3 is 2.63 bits per heavy atom. The van der Waals surface area contributed by atoms with Crippen molar-refractivity contribution in [2.75, 3.05) is 0 Å². The highest BCUT2D eigenvalue weighted by atomic mass is 17.3. The van der Waals surface area contributed by atoms with Gasteiger partial charge in [-0.25, -0.2) is 9.78 Å². The van der Waals surface area contributed by atoms with Crippen LogP contribution in [0.2, 0.25) is 0 Å². The minimum atomic E-state index is -1.03. The monoisotopic (exact) mass is 384 g/mol. The summed E-state index contributed by atoms with van der Waals surface area (Å²) < 4.78 is 17.8. The Hall–Kier alpha value is -1.22. The van der Waals surface area contributed by atoms with Crippen LogP contribution in [0.3, 0.4) is 0 Å². The lowest BCUT2D eigenvalue weighted by Crippen LogP contribution is -2.70. The average Bonchev–Trinajstić information content (AvgIpc) is 2.84. The van der Waals surface area contributed by atoms with Crippen molar-refractivity contribution in [1.29, 1.82) is 0 Å². The van der Waals surface area contributed by atoms with E-state index in [-0.39, 0.29) is 30.6 Å². The number of fused-ring (bicyclic) bond motifs is 2. The molecule has 8 heteroatoms. The SMILES string of the molecule is C[C@@H]1[C@@H](OC(=O)CCC(=O)O)O[C@@H]2O[C@@]3(C)CC[C@@H]4[C@H](C)CC[C@H]1[C@@]24OO3. The predicted molar refractivity (Wildman–Crippen MR) is 89.8 cm³/mol. The van der Waals surface area contributed by atoms with E-state index in [1.807, 2.05) is 13.8 Å². The van der Waals surface area contributed by atoms with Gasteiger partial charge in [0.15, 0.2) is 11.9 Å². The van der Waals surface area contributed by atoms with Gasteiger partial charge in [-0.3, -0.25) is 9.59 Å². The lowest BCUT2D eigenvalue weighted by Gasteiger charge is -2.59. The molecule has 5 rings (SSSR count). The molecule has 5 aliphatic rings. The van der Waals surface area contributed by atoms with Gasteiger partial charge >= 0.3 is 11.9 Å². The van der Waals surface area contributed by atoms with Crippen LogP contribution in [0.5, 0.6) is 0 Å². The first-order valence-electron chi connectivity index (χ1n) is 9.86. The van der Waals surface area contributed by atoms with E-state index in [2.05, 4.69) is 6.92 Å². The summed E-state index contributed by atoms with van der Waals surface area (Å²) in [6, 6.07) is 0. The topological polar surface area (TPSA) is 101 Å². The molecule has 0 amide bonds. The van der Waals surface area contributed by atoms with E-state index in [1.165, 1.54) is 0 Å². The Kier molecular flexibility index (Phi) is 4.73. The van der Waals surface area contributed by atoms with Gasteiger partial charge in [-0.15, -0.1) is 0 Å². The Bertz CT molecular complexity index is 623. The van der Waals surface area contributed by atoms with Crippen LogP contribution >= 0.6 is 0 Å². The summed E-state index contributed by atoms with van der Waals surface area (Å²) in [7, 11) is 0. The number of hydrogen-bond donors (Lipinski definition) is 1.